The number of aromatic amines is 1. The standard InChI is InChI=1S/C14H19N5O2/c1-10-5-3-6-11(2)12(10)21-8-4-7-15-14(20)18-13-16-9-17-19-13/h3,5-6,9H,4,7-8H2,1-2H3,(H3,15,16,17,18,19,20). The van der Waals surface area contributed by atoms with Gasteiger partial charge in [0, 0.05) is 6.54 Å². The molecular formula is C14H19N5O2. The molecule has 0 saturated carbocycles. The summed E-state index contributed by atoms with van der Waals surface area (Å²) in [4.78, 5) is 15.3. The monoisotopic (exact) mass is 289 g/mol. The second-order valence-corrected chi connectivity index (χ2v) is 4.64. The Morgan fingerprint density at radius 3 is 2.76 bits per heavy atom. The zero-order valence-electron chi connectivity index (χ0n) is 12.1. The van der Waals surface area contributed by atoms with Gasteiger partial charge >= 0.3 is 6.03 Å². The molecule has 0 atom stereocenters. The largest absolute Gasteiger partial charge is 0.493 e. The van der Waals surface area contributed by atoms with E-state index in [0.29, 0.717) is 19.1 Å². The van der Waals surface area contributed by atoms with Crippen molar-refractivity contribution in [2.45, 2.75) is 20.3 Å². The summed E-state index contributed by atoms with van der Waals surface area (Å²) in [6.45, 7) is 5.11. The van der Waals surface area contributed by atoms with Crippen LogP contribution in [0.15, 0.2) is 24.5 Å². The van der Waals surface area contributed by atoms with E-state index in [-0.39, 0.29) is 6.03 Å². The molecule has 1 heterocycles. The number of para-hydroxylation sites is 1. The molecule has 2 rings (SSSR count). The highest BCUT2D eigenvalue weighted by Crippen LogP contribution is 2.22. The molecule has 0 aliphatic carbocycles. The Hall–Kier alpha value is -2.57. The van der Waals surface area contributed by atoms with Crippen molar-refractivity contribution in [3.63, 3.8) is 0 Å². The molecular weight excluding hydrogens is 270 g/mol. The van der Waals surface area contributed by atoms with Crippen molar-refractivity contribution in [1.82, 2.24) is 20.5 Å². The Kier molecular flexibility index (Phi) is 5.14. The lowest BCUT2D eigenvalue weighted by Gasteiger charge is -2.12. The van der Waals surface area contributed by atoms with Crippen molar-refractivity contribution in [2.24, 2.45) is 0 Å². The van der Waals surface area contributed by atoms with Crippen LogP contribution in [-0.2, 0) is 0 Å². The maximum absolute atomic E-state index is 11.5. The molecule has 2 amide bonds. The lowest BCUT2D eigenvalue weighted by Crippen LogP contribution is -2.30. The minimum Gasteiger partial charge on any atom is -0.493 e. The zero-order chi connectivity index (χ0) is 15.1. The summed E-state index contributed by atoms with van der Waals surface area (Å²) >= 11 is 0. The van der Waals surface area contributed by atoms with E-state index in [1.54, 1.807) is 0 Å². The molecule has 0 unspecified atom stereocenters. The van der Waals surface area contributed by atoms with Crippen LogP contribution >= 0.6 is 0 Å². The molecule has 0 saturated heterocycles. The van der Waals surface area contributed by atoms with Crippen LogP contribution in [0.3, 0.4) is 0 Å². The molecule has 2 aromatic rings. The number of benzene rings is 1. The van der Waals surface area contributed by atoms with Crippen molar-refractivity contribution in [3.05, 3.63) is 35.7 Å². The topological polar surface area (TPSA) is 91.9 Å². The Morgan fingerprint density at radius 1 is 1.33 bits per heavy atom. The van der Waals surface area contributed by atoms with Gasteiger partial charge in [-0.3, -0.25) is 5.32 Å². The van der Waals surface area contributed by atoms with E-state index in [1.807, 2.05) is 32.0 Å². The molecule has 0 aliphatic heterocycles. The van der Waals surface area contributed by atoms with Crippen LogP contribution < -0.4 is 15.4 Å². The summed E-state index contributed by atoms with van der Waals surface area (Å²) in [6.07, 6.45) is 2.05. The highest BCUT2D eigenvalue weighted by atomic mass is 16.5. The Balaban J connectivity index is 1.65. The van der Waals surface area contributed by atoms with Gasteiger partial charge < -0.3 is 10.1 Å². The van der Waals surface area contributed by atoms with Crippen LogP contribution in [0.5, 0.6) is 5.75 Å². The van der Waals surface area contributed by atoms with Crippen molar-refractivity contribution in [3.8, 4) is 5.75 Å². The van der Waals surface area contributed by atoms with Gasteiger partial charge in [0.2, 0.25) is 5.95 Å². The van der Waals surface area contributed by atoms with E-state index in [0.717, 1.165) is 23.3 Å². The number of urea groups is 1. The molecule has 7 heteroatoms. The zero-order valence-corrected chi connectivity index (χ0v) is 12.1. The number of aromatic nitrogens is 3. The number of nitrogens with one attached hydrogen (secondary N) is 3. The van der Waals surface area contributed by atoms with Gasteiger partial charge in [0.05, 0.1) is 6.61 Å². The Morgan fingerprint density at radius 2 is 2.10 bits per heavy atom. The Labute approximate surface area is 123 Å². The number of ether oxygens (including phenoxy) is 1. The first-order valence-electron chi connectivity index (χ1n) is 6.76. The lowest BCUT2D eigenvalue weighted by atomic mass is 10.1. The molecule has 0 spiro atoms. The SMILES string of the molecule is Cc1cccc(C)c1OCCCNC(=O)Nc1ncn[nH]1. The predicted octanol–water partition coefficient (Wildman–Crippen LogP) is 2.01. The first-order chi connectivity index (χ1) is 10.2. The van der Waals surface area contributed by atoms with E-state index in [1.165, 1.54) is 6.33 Å². The summed E-state index contributed by atoms with van der Waals surface area (Å²) in [6, 6.07) is 5.72. The number of rotatable bonds is 6. The van der Waals surface area contributed by atoms with E-state index in [2.05, 4.69) is 25.8 Å². The number of anilines is 1. The van der Waals surface area contributed by atoms with Crippen molar-refractivity contribution in [1.29, 1.82) is 0 Å². The van der Waals surface area contributed by atoms with Gasteiger partial charge in [0.15, 0.2) is 0 Å². The highest BCUT2D eigenvalue weighted by Gasteiger charge is 2.04. The van der Waals surface area contributed by atoms with Gasteiger partial charge in [0.25, 0.3) is 0 Å². The molecule has 112 valence electrons. The summed E-state index contributed by atoms with van der Waals surface area (Å²) in [5.41, 5.74) is 2.23. The molecule has 1 aromatic carbocycles. The molecule has 0 fully saturated rings. The highest BCUT2D eigenvalue weighted by molar-refractivity contribution is 5.87. The number of hydrogen-bond acceptors (Lipinski definition) is 4. The smallest absolute Gasteiger partial charge is 0.321 e. The van der Waals surface area contributed by atoms with Crippen molar-refractivity contribution < 1.29 is 9.53 Å². The second-order valence-electron chi connectivity index (χ2n) is 4.64. The second kappa shape index (κ2) is 7.28. The maximum atomic E-state index is 11.5. The number of hydrogen-bond donors (Lipinski definition) is 3. The third-order valence-electron chi connectivity index (χ3n) is 2.91. The number of carbonyl (C=O) groups excluding carboxylic acids is 1. The normalized spacial score (nSPS) is 10.2. The summed E-state index contributed by atoms with van der Waals surface area (Å²) in [7, 11) is 0. The van der Waals surface area contributed by atoms with E-state index in [4.69, 9.17) is 4.74 Å². The van der Waals surface area contributed by atoms with Gasteiger partial charge in [-0.1, -0.05) is 18.2 Å². The number of carbonyl (C=O) groups is 1. The van der Waals surface area contributed by atoms with Crippen LogP contribution in [0.25, 0.3) is 0 Å². The molecule has 0 bridgehead atoms. The third-order valence-corrected chi connectivity index (χ3v) is 2.91. The molecule has 0 radical (unpaired) electrons. The molecule has 0 aliphatic rings. The first-order valence-corrected chi connectivity index (χ1v) is 6.76. The minimum atomic E-state index is -0.321. The van der Waals surface area contributed by atoms with Crippen LogP contribution in [-0.4, -0.2) is 34.4 Å². The van der Waals surface area contributed by atoms with Gasteiger partial charge in [0.1, 0.15) is 12.1 Å². The summed E-state index contributed by atoms with van der Waals surface area (Å²) in [5.74, 6) is 1.24. The van der Waals surface area contributed by atoms with Gasteiger partial charge in [-0.2, -0.15) is 10.1 Å². The number of H-pyrrole nitrogens is 1. The fourth-order valence-electron chi connectivity index (χ4n) is 1.89. The van der Waals surface area contributed by atoms with Crippen LogP contribution in [0.1, 0.15) is 17.5 Å². The fourth-order valence-corrected chi connectivity index (χ4v) is 1.89. The summed E-state index contributed by atoms with van der Waals surface area (Å²) in [5, 5.41) is 11.4. The van der Waals surface area contributed by atoms with E-state index in [9.17, 15) is 4.79 Å². The lowest BCUT2D eigenvalue weighted by molar-refractivity contribution is 0.250. The van der Waals surface area contributed by atoms with E-state index < -0.39 is 0 Å². The van der Waals surface area contributed by atoms with Crippen molar-refractivity contribution >= 4 is 12.0 Å². The minimum absolute atomic E-state index is 0.319. The van der Waals surface area contributed by atoms with Crippen LogP contribution in [0.4, 0.5) is 10.7 Å². The van der Waals surface area contributed by atoms with Gasteiger partial charge in [-0.15, -0.1) is 0 Å². The molecule has 3 N–H and O–H groups in total. The van der Waals surface area contributed by atoms with Crippen molar-refractivity contribution in [2.75, 3.05) is 18.5 Å². The average molecular weight is 289 g/mol. The van der Waals surface area contributed by atoms with E-state index >= 15 is 0 Å². The fraction of sp³-hybridized carbons (Fsp3) is 0.357. The number of aryl methyl sites for hydroxylation is 2. The third kappa shape index (κ3) is 4.48. The van der Waals surface area contributed by atoms with Crippen LogP contribution in [0.2, 0.25) is 0 Å². The quantitative estimate of drug-likeness (QED) is 0.709. The molecule has 7 nitrogen and oxygen atoms in total. The maximum Gasteiger partial charge on any atom is 0.321 e. The van der Waals surface area contributed by atoms with Gasteiger partial charge in [-0.25, -0.2) is 9.89 Å². The number of amides is 2. The predicted molar refractivity (Wildman–Crippen MR) is 79.4 cm³/mol. The van der Waals surface area contributed by atoms with Gasteiger partial charge in [-0.05, 0) is 31.4 Å². The first kappa shape index (κ1) is 14.8. The molecule has 21 heavy (non-hydrogen) atoms. The summed E-state index contributed by atoms with van der Waals surface area (Å²) < 4.78 is 5.76. The number of nitrogens with zero attached hydrogens (tertiary/aromatic N) is 2. The average Bonchev–Trinajstić information content (AvgIpc) is 2.94. The Bertz CT molecular complexity index is 563. The molecule has 1 aromatic heterocycles. The van der Waals surface area contributed by atoms with Crippen LogP contribution in [0, 0.1) is 13.8 Å².